The number of pyridine rings is 4. The predicted octanol–water partition coefficient (Wildman–Crippen LogP) is 19.4. The number of methoxy groups -OCH3 is 3. The van der Waals surface area contributed by atoms with Gasteiger partial charge in [-0.05, 0) is 115 Å². The van der Waals surface area contributed by atoms with Crippen molar-refractivity contribution < 1.29 is 159 Å². The third-order valence-electron chi connectivity index (χ3n) is 21.2. The Kier molecular flexibility index (Phi) is 39.8. The number of phenols is 1. The van der Waals surface area contributed by atoms with E-state index < -0.39 is 96.2 Å². The summed E-state index contributed by atoms with van der Waals surface area (Å²) in [6.07, 6.45) is 6.94. The van der Waals surface area contributed by atoms with E-state index in [1.54, 1.807) is 104 Å². The number of sulfonamides is 4. The normalized spacial score (nSPS) is 11.9. The number of nitrogens with zero attached hydrogens (tertiary/aromatic N) is 24. The molecule has 0 atom stereocenters. The van der Waals surface area contributed by atoms with Gasteiger partial charge in [0, 0.05) is 115 Å². The molecular weight excluding hydrogens is 2240 g/mol. The molecule has 0 fully saturated rings. The van der Waals surface area contributed by atoms with Crippen molar-refractivity contribution in [2.24, 2.45) is 69.1 Å². The maximum atomic E-state index is 13.4. The van der Waals surface area contributed by atoms with Crippen molar-refractivity contribution in [3.05, 3.63) is 304 Å². The minimum Gasteiger partial charge on any atom is -0.537 e. The van der Waals surface area contributed by atoms with E-state index in [0.29, 0.717) is 27.5 Å². The number of aromatic nitrogens is 10. The topological polar surface area (TPSA) is 614 Å². The molecule has 0 spiro atoms. The van der Waals surface area contributed by atoms with Crippen LogP contribution in [0.1, 0.15) is 121 Å². The molecule has 799 valence electrons. The van der Waals surface area contributed by atoms with Crippen LogP contribution in [0.15, 0.2) is 296 Å². The molecule has 7 aromatic heterocycles. The van der Waals surface area contributed by atoms with Crippen molar-refractivity contribution in [2.75, 3.05) is 35.4 Å². The standard InChI is InChI=1S/C27H31N8O6S2.C25H23N5O4S.C23H27N5O6S.C21H18N6O5S.4Cu/c1-27(2,3)24-23(25(35(6)31-24)32-43(39,40)34(4)5)30-29-20-13-9-8-12-19(20)26(36)33-42(37,38)21-16-18(41-7)15-17-11-10-14-28-22(17)21;1-25(2,3)17-9-10-21(31)19(14-17)28-29-20-15-26-13-11-18(20)24(32)30-35(33,34)22-8-4-6-16-7-5-12-27-23(16)22;1-23(2,3)20-19(22(30)28(4)26-20)25-24-16-10-8-7-9-15(16)21(29)27-35(31,32)18-13-14(33-5)11-12-17(18)34-6;1-26-20(29)18(21(30)27(26)2)24-23-15-10-4-3-9-14(15)19(28)25-33(31,32)16-11-5-7-13-8-6-12-22-17(13)16;;;;/h8-16H,1-7H3,(H-,29,31,32,33,36);4-15H,1-3H3,(H2,29,30,31,32);7-13H,1-6H3,(H2,24,26,27,29,30);3-12H,1-2H3,(H2,23,25,28,29,30);;;;/q-1;;;;3*+1;+2/p-4. The number of amides is 4. The van der Waals surface area contributed by atoms with Gasteiger partial charge < -0.3 is 77.0 Å². The van der Waals surface area contributed by atoms with E-state index >= 15 is 0 Å². The summed E-state index contributed by atoms with van der Waals surface area (Å²) in [6.45, 7) is 17.3. The SMILES string of the molecule is CC(C)(C)c1ccc(O)c(N=Nc2cnccc2C(=O)[N-]S(=O)(=O)c2cccc3cccnc23)c1.COc1cc(S(=O)(=O)[N-]C(=O)c2ccccc2N=Nc2c(C(C)(C)C)nn(C)c2[N-]S(=O)(=O)N(C)C)c2ncccc2c1.COc1ccc(OC)c(S(=O)(=O)[N-]C(=O)c2ccccc2N=Nc2c(C(C)(C)C)nn(C)c2O)c1.Cn1c(O)c(N=Nc2ccccc2C(=O)[N-]S(=O)(=O)c2cccc3cccnc23)c(=O)n1C.[Cu+2].[Cu+].[Cu+].[Cu+]. The van der Waals surface area contributed by atoms with Crippen molar-refractivity contribution >= 4 is 158 Å². The Morgan fingerprint density at radius 2 is 0.780 bits per heavy atom. The van der Waals surface area contributed by atoms with Gasteiger partial charge in [-0.3, -0.25) is 34.5 Å². The Balaban J connectivity index is 0.000000242. The van der Waals surface area contributed by atoms with Gasteiger partial charge >= 0.3 is 68.3 Å². The Hall–Kier alpha value is -14.8. The van der Waals surface area contributed by atoms with E-state index in [-0.39, 0.29) is 212 Å². The van der Waals surface area contributed by atoms with Crippen LogP contribution in [-0.2, 0) is 163 Å². The van der Waals surface area contributed by atoms with Crippen LogP contribution in [0.25, 0.3) is 56.3 Å². The number of carbonyl (C=O) groups is 4. The number of rotatable bonds is 26. The van der Waals surface area contributed by atoms with Gasteiger partial charge in [0.05, 0.1) is 116 Å². The van der Waals surface area contributed by atoms with Crippen LogP contribution in [0.5, 0.6) is 34.8 Å². The number of hydrogen-bond acceptors (Lipinski definition) is 35. The van der Waals surface area contributed by atoms with Crippen LogP contribution in [0.2, 0.25) is 0 Å². The number of ether oxygens (including phenoxy) is 3. The summed E-state index contributed by atoms with van der Waals surface area (Å²) in [5, 5.41) is 73.4. The van der Waals surface area contributed by atoms with Crippen LogP contribution in [-0.4, -0.2) is 170 Å². The van der Waals surface area contributed by atoms with Gasteiger partial charge in [-0.25, -0.2) is 55.8 Å². The Morgan fingerprint density at radius 3 is 1.23 bits per heavy atom. The number of azo groups is 4. The number of aromatic hydroxyl groups is 3. The summed E-state index contributed by atoms with van der Waals surface area (Å²) in [6, 6.07) is 50.3. The van der Waals surface area contributed by atoms with Crippen LogP contribution in [0.4, 0.5) is 51.3 Å². The van der Waals surface area contributed by atoms with E-state index in [1.165, 1.54) is 205 Å². The Morgan fingerprint density at radius 1 is 0.380 bits per heavy atom. The van der Waals surface area contributed by atoms with Crippen molar-refractivity contribution in [3.8, 4) is 34.8 Å². The van der Waals surface area contributed by atoms with Crippen molar-refractivity contribution in [1.29, 1.82) is 0 Å². The summed E-state index contributed by atoms with van der Waals surface area (Å²) in [7, 11) is -9.08. The zero-order chi connectivity index (χ0) is 107. The summed E-state index contributed by atoms with van der Waals surface area (Å²) in [4.78, 5) is 79.4. The largest absolute Gasteiger partial charge is 2.00 e. The summed E-state index contributed by atoms with van der Waals surface area (Å²) < 4.78 is 168. The monoisotopic (exact) mass is 2330 g/mol. The van der Waals surface area contributed by atoms with Crippen LogP contribution >= 0.6 is 0 Å². The Bertz CT molecular complexity index is 8430. The van der Waals surface area contributed by atoms with Crippen molar-refractivity contribution in [3.63, 3.8) is 0 Å². The number of carbonyl (C=O) groups excluding carboxylic acids is 4. The van der Waals surface area contributed by atoms with Crippen LogP contribution in [0, 0.1) is 0 Å². The molecule has 15 rings (SSSR count). The summed E-state index contributed by atoms with van der Waals surface area (Å²) in [5.74, 6) is -4.48. The number of fused-ring (bicyclic) bond motifs is 3. The molecule has 0 aliphatic carbocycles. The van der Waals surface area contributed by atoms with E-state index in [0.717, 1.165) is 14.6 Å². The molecule has 150 heavy (non-hydrogen) atoms. The van der Waals surface area contributed by atoms with Crippen LogP contribution in [0.3, 0.4) is 0 Å². The third kappa shape index (κ3) is 28.2. The fourth-order valence-corrected chi connectivity index (χ4v) is 18.4. The number of hydrogen-bond donors (Lipinski definition) is 3. The predicted molar refractivity (Wildman–Crippen MR) is 541 cm³/mol. The molecule has 0 bridgehead atoms. The second-order valence-electron chi connectivity index (χ2n) is 34.7. The first-order valence-electron chi connectivity index (χ1n) is 43.3. The van der Waals surface area contributed by atoms with E-state index in [1.807, 2.05) is 62.3 Å². The van der Waals surface area contributed by atoms with Gasteiger partial charge in [-0.15, -0.1) is 40.9 Å². The molecule has 54 heteroatoms. The molecule has 15 aromatic rings. The van der Waals surface area contributed by atoms with Gasteiger partial charge in [0.2, 0.25) is 27.7 Å². The molecule has 8 aromatic carbocycles. The third-order valence-corrected chi connectivity index (χ3v) is 27.7. The zero-order valence-corrected chi connectivity index (χ0v) is 90.5. The zero-order valence-electron chi connectivity index (χ0n) is 82.6. The molecule has 45 nitrogen and oxygen atoms in total. The van der Waals surface area contributed by atoms with Crippen LogP contribution < -0.4 is 19.8 Å². The molecule has 0 aliphatic rings. The van der Waals surface area contributed by atoms with Crippen molar-refractivity contribution in [2.45, 2.75) is 98.1 Å². The first-order chi connectivity index (χ1) is 68.7. The number of phenolic OH excluding ortho intramolecular Hbond substituents is 1. The molecule has 7 heterocycles. The molecule has 0 aliphatic heterocycles. The summed E-state index contributed by atoms with van der Waals surface area (Å²) in [5.41, 5.74) is 0.185. The maximum absolute atomic E-state index is 13.4. The first kappa shape index (κ1) is 120. The average Bonchev–Trinajstić information content (AvgIpc) is 1.33. The molecular formula is C96H95Cu4N24O21S5. The first-order valence-corrected chi connectivity index (χ1v) is 50.4. The van der Waals surface area contributed by atoms with E-state index in [2.05, 4.69) is 94.7 Å². The second-order valence-corrected chi connectivity index (χ2v) is 42.8. The van der Waals surface area contributed by atoms with Gasteiger partial charge in [0.25, 0.3) is 5.56 Å². The van der Waals surface area contributed by atoms with E-state index in [4.69, 9.17) is 14.2 Å². The molecule has 0 unspecified atom stereocenters. The van der Waals surface area contributed by atoms with E-state index in [9.17, 15) is 81.4 Å². The van der Waals surface area contributed by atoms with Crippen molar-refractivity contribution in [1.82, 2.24) is 53.2 Å². The van der Waals surface area contributed by atoms with Gasteiger partial charge in [0.1, 0.15) is 80.2 Å². The smallest absolute Gasteiger partial charge is 0.537 e. The number of aryl methyl sites for hydroxylation is 2. The summed E-state index contributed by atoms with van der Waals surface area (Å²) >= 11 is 0. The fourth-order valence-electron chi connectivity index (χ4n) is 13.5. The molecule has 1 radical (unpaired) electrons. The molecule has 3 N–H and O–H groups in total. The minimum atomic E-state index is -4.55. The quantitative estimate of drug-likeness (QED) is 0.0335. The number of para-hydroxylation sites is 2. The second kappa shape index (κ2) is 49.6. The van der Waals surface area contributed by atoms with Gasteiger partial charge in [-0.1, -0.05) is 165 Å². The molecule has 0 saturated carbocycles. The Labute approximate surface area is 904 Å². The number of benzene rings is 8. The fraction of sp³-hybridized carbons (Fsp3) is 0.219. The molecule has 4 amide bonds. The average molecular weight is 2340 g/mol. The molecule has 0 saturated heterocycles. The van der Waals surface area contributed by atoms with Gasteiger partial charge in [-0.2, -0.15) is 5.10 Å². The van der Waals surface area contributed by atoms with Gasteiger partial charge in [0.15, 0.2) is 5.69 Å². The minimum absolute atomic E-state index is 0. The maximum Gasteiger partial charge on any atom is 2.00 e.